The molecular weight excluding hydrogens is 240 g/mol. The van der Waals surface area contributed by atoms with Crippen molar-refractivity contribution in [1.29, 1.82) is 0 Å². The van der Waals surface area contributed by atoms with Gasteiger partial charge < -0.3 is 15.4 Å². The summed E-state index contributed by atoms with van der Waals surface area (Å²) in [5.74, 6) is 1.06. The van der Waals surface area contributed by atoms with E-state index in [1.54, 1.807) is 7.11 Å². The molecule has 1 fully saturated rings. The van der Waals surface area contributed by atoms with Crippen molar-refractivity contribution in [3.63, 3.8) is 0 Å². The van der Waals surface area contributed by atoms with Gasteiger partial charge in [0.05, 0.1) is 19.1 Å². The number of hydrogen-bond donors (Lipinski definition) is 2. The minimum Gasteiger partial charge on any atom is -0.497 e. The molecule has 4 nitrogen and oxygen atoms in total. The standard InChI is InChI=1S/C15H22N2O2/c1-11(12-5-3-7-14(9-12)19-2)17-15(18)13-6-4-8-16-10-13/h3,5,7,9,11,13,16H,4,6,8,10H2,1-2H3,(H,17,18)/t11-,13-/m0/s1. The Kier molecular flexibility index (Phi) is 4.80. The fraction of sp³-hybridized carbons (Fsp3) is 0.533. The minimum atomic E-state index is 0.00419. The van der Waals surface area contributed by atoms with Gasteiger partial charge in [-0.25, -0.2) is 0 Å². The van der Waals surface area contributed by atoms with E-state index in [4.69, 9.17) is 4.74 Å². The lowest BCUT2D eigenvalue weighted by molar-refractivity contribution is -0.126. The van der Waals surface area contributed by atoms with Crippen molar-refractivity contribution in [2.45, 2.75) is 25.8 Å². The smallest absolute Gasteiger partial charge is 0.224 e. The van der Waals surface area contributed by atoms with Crippen molar-refractivity contribution in [2.75, 3.05) is 20.2 Å². The van der Waals surface area contributed by atoms with E-state index in [-0.39, 0.29) is 17.9 Å². The summed E-state index contributed by atoms with van der Waals surface area (Å²) in [7, 11) is 1.65. The van der Waals surface area contributed by atoms with Gasteiger partial charge in [0.2, 0.25) is 5.91 Å². The van der Waals surface area contributed by atoms with Gasteiger partial charge in [0.25, 0.3) is 0 Å². The second-order valence-electron chi connectivity index (χ2n) is 5.05. The van der Waals surface area contributed by atoms with Crippen molar-refractivity contribution >= 4 is 5.91 Å². The van der Waals surface area contributed by atoms with Crippen LogP contribution in [0.5, 0.6) is 5.75 Å². The van der Waals surface area contributed by atoms with Crippen LogP contribution in [-0.4, -0.2) is 26.1 Å². The zero-order chi connectivity index (χ0) is 13.7. The predicted molar refractivity (Wildman–Crippen MR) is 75.1 cm³/mol. The van der Waals surface area contributed by atoms with Gasteiger partial charge >= 0.3 is 0 Å². The number of ether oxygens (including phenoxy) is 1. The van der Waals surface area contributed by atoms with Crippen LogP contribution < -0.4 is 15.4 Å². The van der Waals surface area contributed by atoms with Gasteiger partial charge in [0, 0.05) is 6.54 Å². The maximum Gasteiger partial charge on any atom is 0.224 e. The minimum absolute atomic E-state index is 0.00419. The Morgan fingerprint density at radius 1 is 1.53 bits per heavy atom. The first-order valence-electron chi connectivity index (χ1n) is 6.85. The molecule has 0 unspecified atom stereocenters. The molecule has 1 aliphatic heterocycles. The highest BCUT2D eigenvalue weighted by atomic mass is 16.5. The first-order valence-corrected chi connectivity index (χ1v) is 6.85. The maximum atomic E-state index is 12.2. The van der Waals surface area contributed by atoms with Crippen LogP contribution in [0.3, 0.4) is 0 Å². The number of amides is 1. The molecule has 1 amide bonds. The number of piperidine rings is 1. The third kappa shape index (κ3) is 3.70. The molecule has 0 bridgehead atoms. The molecule has 2 N–H and O–H groups in total. The molecule has 2 rings (SSSR count). The molecule has 0 spiro atoms. The fourth-order valence-corrected chi connectivity index (χ4v) is 2.40. The van der Waals surface area contributed by atoms with Crippen molar-refractivity contribution < 1.29 is 9.53 Å². The lowest BCUT2D eigenvalue weighted by atomic mass is 9.98. The number of rotatable bonds is 4. The highest BCUT2D eigenvalue weighted by molar-refractivity contribution is 5.79. The van der Waals surface area contributed by atoms with Gasteiger partial charge in [-0.2, -0.15) is 0 Å². The molecule has 0 saturated carbocycles. The van der Waals surface area contributed by atoms with Gasteiger partial charge in [-0.1, -0.05) is 12.1 Å². The van der Waals surface area contributed by atoms with Crippen LogP contribution in [0.4, 0.5) is 0 Å². The number of methoxy groups -OCH3 is 1. The Bertz CT molecular complexity index is 428. The van der Waals surface area contributed by atoms with E-state index >= 15 is 0 Å². The highest BCUT2D eigenvalue weighted by Gasteiger charge is 2.22. The Morgan fingerprint density at radius 3 is 3.05 bits per heavy atom. The summed E-state index contributed by atoms with van der Waals surface area (Å²) in [5.41, 5.74) is 1.07. The van der Waals surface area contributed by atoms with Crippen LogP contribution in [0.15, 0.2) is 24.3 Å². The lowest BCUT2D eigenvalue weighted by Crippen LogP contribution is -2.41. The Morgan fingerprint density at radius 2 is 2.37 bits per heavy atom. The average Bonchev–Trinajstić information content (AvgIpc) is 2.48. The first kappa shape index (κ1) is 13.9. The molecule has 1 aliphatic rings. The summed E-state index contributed by atoms with van der Waals surface area (Å²) >= 11 is 0. The number of carbonyl (C=O) groups excluding carboxylic acids is 1. The van der Waals surface area contributed by atoms with E-state index in [0.29, 0.717) is 0 Å². The third-order valence-corrected chi connectivity index (χ3v) is 3.62. The normalized spacial score (nSPS) is 20.6. The van der Waals surface area contributed by atoms with Crippen LogP contribution in [0, 0.1) is 5.92 Å². The maximum absolute atomic E-state index is 12.2. The average molecular weight is 262 g/mol. The number of nitrogens with one attached hydrogen (secondary N) is 2. The first-order chi connectivity index (χ1) is 9.20. The molecule has 1 saturated heterocycles. The quantitative estimate of drug-likeness (QED) is 0.871. The zero-order valence-electron chi connectivity index (χ0n) is 11.6. The van der Waals surface area contributed by atoms with Crippen molar-refractivity contribution in [3.05, 3.63) is 29.8 Å². The lowest BCUT2D eigenvalue weighted by Gasteiger charge is -2.24. The summed E-state index contributed by atoms with van der Waals surface area (Å²) in [4.78, 5) is 12.2. The molecule has 1 heterocycles. The predicted octanol–water partition coefficient (Wildman–Crippen LogP) is 1.87. The van der Waals surface area contributed by atoms with E-state index in [1.807, 2.05) is 31.2 Å². The second-order valence-corrected chi connectivity index (χ2v) is 5.05. The van der Waals surface area contributed by atoms with Crippen LogP contribution >= 0.6 is 0 Å². The number of carbonyl (C=O) groups is 1. The zero-order valence-corrected chi connectivity index (χ0v) is 11.6. The summed E-state index contributed by atoms with van der Waals surface area (Å²) in [6.45, 7) is 3.81. The molecule has 1 aromatic carbocycles. The fourth-order valence-electron chi connectivity index (χ4n) is 2.40. The molecule has 0 aromatic heterocycles. The van der Waals surface area contributed by atoms with Gasteiger partial charge in [-0.15, -0.1) is 0 Å². The van der Waals surface area contributed by atoms with Crippen LogP contribution in [0.2, 0.25) is 0 Å². The molecule has 19 heavy (non-hydrogen) atoms. The van der Waals surface area contributed by atoms with Gasteiger partial charge in [0.15, 0.2) is 0 Å². The SMILES string of the molecule is COc1cccc([C@H](C)NC(=O)[C@H]2CCCNC2)c1. The summed E-state index contributed by atoms with van der Waals surface area (Å²) in [6, 6.07) is 7.82. The molecule has 0 radical (unpaired) electrons. The third-order valence-electron chi connectivity index (χ3n) is 3.62. The monoisotopic (exact) mass is 262 g/mol. The molecule has 0 aliphatic carbocycles. The van der Waals surface area contributed by atoms with Crippen LogP contribution in [0.25, 0.3) is 0 Å². The Labute approximate surface area is 114 Å². The topological polar surface area (TPSA) is 50.4 Å². The summed E-state index contributed by atoms with van der Waals surface area (Å²) < 4.78 is 5.20. The van der Waals surface area contributed by atoms with Crippen LogP contribution in [0.1, 0.15) is 31.4 Å². The Balaban J connectivity index is 1.95. The van der Waals surface area contributed by atoms with Gasteiger partial charge in [-0.05, 0) is 44.0 Å². The second kappa shape index (κ2) is 6.57. The van der Waals surface area contributed by atoms with E-state index in [9.17, 15) is 4.79 Å². The molecule has 4 heteroatoms. The number of hydrogen-bond acceptors (Lipinski definition) is 3. The van der Waals surface area contributed by atoms with Crippen molar-refractivity contribution in [2.24, 2.45) is 5.92 Å². The van der Waals surface area contributed by atoms with E-state index in [0.717, 1.165) is 37.2 Å². The molecule has 2 atom stereocenters. The van der Waals surface area contributed by atoms with Gasteiger partial charge in [0.1, 0.15) is 5.75 Å². The Hall–Kier alpha value is -1.55. The van der Waals surface area contributed by atoms with E-state index < -0.39 is 0 Å². The largest absolute Gasteiger partial charge is 0.497 e. The molecule has 104 valence electrons. The van der Waals surface area contributed by atoms with Crippen molar-refractivity contribution in [3.8, 4) is 5.75 Å². The van der Waals surface area contributed by atoms with E-state index in [2.05, 4.69) is 10.6 Å². The highest BCUT2D eigenvalue weighted by Crippen LogP contribution is 2.20. The van der Waals surface area contributed by atoms with Gasteiger partial charge in [-0.3, -0.25) is 4.79 Å². The molecular formula is C15H22N2O2. The number of benzene rings is 1. The van der Waals surface area contributed by atoms with E-state index in [1.165, 1.54) is 0 Å². The summed E-state index contributed by atoms with van der Waals surface area (Å²) in [5, 5.41) is 6.35. The summed E-state index contributed by atoms with van der Waals surface area (Å²) in [6.07, 6.45) is 2.05. The molecule has 1 aromatic rings. The van der Waals surface area contributed by atoms with Crippen molar-refractivity contribution in [1.82, 2.24) is 10.6 Å². The van der Waals surface area contributed by atoms with Crippen LogP contribution in [-0.2, 0) is 4.79 Å².